The van der Waals surface area contributed by atoms with E-state index in [1.54, 1.807) is 0 Å². The van der Waals surface area contributed by atoms with E-state index < -0.39 is 0 Å². The van der Waals surface area contributed by atoms with Gasteiger partial charge in [0.25, 0.3) is 0 Å². The molecule has 0 saturated carbocycles. The van der Waals surface area contributed by atoms with E-state index in [0.717, 1.165) is 0 Å². The first-order chi connectivity index (χ1) is 4.66. The van der Waals surface area contributed by atoms with Gasteiger partial charge in [0.15, 0.2) is 0 Å². The average Bonchev–Trinajstić information content (AvgIpc) is 1.82. The highest BCUT2D eigenvalue weighted by Gasteiger charge is 1.95. The highest BCUT2D eigenvalue weighted by Crippen LogP contribution is 1.91. The SMILES string of the molecule is C=C(CC(C)=O)NCCO. The molecule has 0 saturated heterocycles. The molecule has 0 aliphatic heterocycles. The summed E-state index contributed by atoms with van der Waals surface area (Å²) in [5, 5.41) is 11.2. The van der Waals surface area contributed by atoms with Gasteiger partial charge in [-0.3, -0.25) is 4.79 Å². The summed E-state index contributed by atoms with van der Waals surface area (Å²) in [4.78, 5) is 10.5. The Kier molecular flexibility index (Phi) is 4.58. The van der Waals surface area contributed by atoms with Crippen LogP contribution in [0.15, 0.2) is 12.3 Å². The minimum Gasteiger partial charge on any atom is -0.395 e. The van der Waals surface area contributed by atoms with Crippen molar-refractivity contribution in [3.63, 3.8) is 0 Å². The molecule has 0 radical (unpaired) electrons. The van der Waals surface area contributed by atoms with E-state index in [1.807, 2.05) is 0 Å². The van der Waals surface area contributed by atoms with E-state index in [4.69, 9.17) is 5.11 Å². The number of carbonyl (C=O) groups is 1. The summed E-state index contributed by atoms with van der Waals surface area (Å²) in [6.45, 7) is 5.63. The van der Waals surface area contributed by atoms with Gasteiger partial charge in [0.2, 0.25) is 0 Å². The molecule has 0 unspecified atom stereocenters. The fourth-order valence-electron chi connectivity index (χ4n) is 0.596. The van der Waals surface area contributed by atoms with Crippen molar-refractivity contribution in [3.05, 3.63) is 12.3 Å². The Hall–Kier alpha value is -0.830. The van der Waals surface area contributed by atoms with Gasteiger partial charge in [0, 0.05) is 18.7 Å². The second-order valence-corrected chi connectivity index (χ2v) is 2.13. The molecule has 0 aromatic rings. The van der Waals surface area contributed by atoms with Crippen LogP contribution in [0.25, 0.3) is 0 Å². The van der Waals surface area contributed by atoms with Gasteiger partial charge in [-0.2, -0.15) is 0 Å². The third kappa shape index (κ3) is 5.31. The van der Waals surface area contributed by atoms with Crippen LogP contribution in [0.5, 0.6) is 0 Å². The van der Waals surface area contributed by atoms with Gasteiger partial charge in [0.05, 0.1) is 6.61 Å². The topological polar surface area (TPSA) is 49.3 Å². The van der Waals surface area contributed by atoms with Crippen molar-refractivity contribution in [1.82, 2.24) is 5.32 Å². The lowest BCUT2D eigenvalue weighted by atomic mass is 10.2. The quantitative estimate of drug-likeness (QED) is 0.572. The van der Waals surface area contributed by atoms with Gasteiger partial charge in [-0.05, 0) is 6.92 Å². The Bertz CT molecular complexity index is 132. The number of aliphatic hydroxyl groups excluding tert-OH is 1. The van der Waals surface area contributed by atoms with Crippen LogP contribution < -0.4 is 5.32 Å². The predicted octanol–water partition coefficient (Wildman–Crippen LogP) is 0.0611. The van der Waals surface area contributed by atoms with Gasteiger partial charge < -0.3 is 10.4 Å². The summed E-state index contributed by atoms with van der Waals surface area (Å²) >= 11 is 0. The van der Waals surface area contributed by atoms with Crippen LogP contribution in [0.2, 0.25) is 0 Å². The standard InChI is InChI=1S/C7H13NO2/c1-6(5-7(2)10)8-3-4-9/h8-9H,1,3-5H2,2H3. The van der Waals surface area contributed by atoms with Crippen LogP contribution in [0.3, 0.4) is 0 Å². The summed E-state index contributed by atoms with van der Waals surface area (Å²) in [6.07, 6.45) is 0.347. The molecule has 0 aromatic carbocycles. The zero-order valence-electron chi connectivity index (χ0n) is 6.18. The molecule has 3 heteroatoms. The summed E-state index contributed by atoms with van der Waals surface area (Å²) < 4.78 is 0. The number of rotatable bonds is 5. The first-order valence-corrected chi connectivity index (χ1v) is 3.18. The fraction of sp³-hybridized carbons (Fsp3) is 0.571. The van der Waals surface area contributed by atoms with Gasteiger partial charge in [-0.1, -0.05) is 6.58 Å². The molecule has 0 fully saturated rings. The van der Waals surface area contributed by atoms with Gasteiger partial charge in [-0.25, -0.2) is 0 Å². The van der Waals surface area contributed by atoms with Crippen LogP contribution in [-0.4, -0.2) is 24.0 Å². The molecular weight excluding hydrogens is 130 g/mol. The summed E-state index contributed by atoms with van der Waals surface area (Å²) in [5.74, 6) is 0.0791. The number of ketones is 1. The van der Waals surface area contributed by atoms with Crippen LogP contribution in [0.4, 0.5) is 0 Å². The predicted molar refractivity (Wildman–Crippen MR) is 39.5 cm³/mol. The van der Waals surface area contributed by atoms with E-state index in [0.29, 0.717) is 18.7 Å². The number of allylic oxidation sites excluding steroid dienone is 1. The van der Waals surface area contributed by atoms with Crippen LogP contribution >= 0.6 is 0 Å². The zero-order chi connectivity index (χ0) is 7.98. The van der Waals surface area contributed by atoms with Gasteiger partial charge in [-0.15, -0.1) is 0 Å². The van der Waals surface area contributed by atoms with Crippen molar-refractivity contribution in [3.8, 4) is 0 Å². The lowest BCUT2D eigenvalue weighted by molar-refractivity contribution is -0.116. The molecule has 0 heterocycles. The Morgan fingerprint density at radius 1 is 1.70 bits per heavy atom. The Morgan fingerprint density at radius 3 is 2.70 bits per heavy atom. The molecule has 0 rings (SSSR count). The summed E-state index contributed by atoms with van der Waals surface area (Å²) in [5.41, 5.74) is 0.668. The van der Waals surface area contributed by atoms with Crippen molar-refractivity contribution in [2.75, 3.05) is 13.2 Å². The van der Waals surface area contributed by atoms with Gasteiger partial charge in [0.1, 0.15) is 5.78 Å². The normalized spacial score (nSPS) is 9.00. The van der Waals surface area contributed by atoms with E-state index in [1.165, 1.54) is 6.92 Å². The lowest BCUT2D eigenvalue weighted by Gasteiger charge is -2.04. The molecule has 0 aliphatic rings. The highest BCUT2D eigenvalue weighted by atomic mass is 16.3. The zero-order valence-corrected chi connectivity index (χ0v) is 6.18. The fourth-order valence-corrected chi connectivity index (χ4v) is 0.596. The van der Waals surface area contributed by atoms with Gasteiger partial charge >= 0.3 is 0 Å². The van der Waals surface area contributed by atoms with Crippen molar-refractivity contribution < 1.29 is 9.90 Å². The van der Waals surface area contributed by atoms with Crippen LogP contribution in [0.1, 0.15) is 13.3 Å². The summed E-state index contributed by atoms with van der Waals surface area (Å²) in [7, 11) is 0. The first kappa shape index (κ1) is 9.17. The Labute approximate surface area is 60.7 Å². The molecule has 0 amide bonds. The maximum Gasteiger partial charge on any atom is 0.135 e. The van der Waals surface area contributed by atoms with Crippen molar-refractivity contribution >= 4 is 5.78 Å². The third-order valence-corrected chi connectivity index (χ3v) is 0.949. The number of hydrogen-bond donors (Lipinski definition) is 2. The van der Waals surface area contributed by atoms with Crippen molar-refractivity contribution in [2.24, 2.45) is 0 Å². The van der Waals surface area contributed by atoms with E-state index in [2.05, 4.69) is 11.9 Å². The Balaban J connectivity index is 3.35. The molecule has 0 atom stereocenters. The van der Waals surface area contributed by atoms with Crippen molar-refractivity contribution in [1.29, 1.82) is 0 Å². The third-order valence-electron chi connectivity index (χ3n) is 0.949. The second-order valence-electron chi connectivity index (χ2n) is 2.13. The molecule has 0 aromatic heterocycles. The van der Waals surface area contributed by atoms with Crippen LogP contribution in [0, 0.1) is 0 Å². The van der Waals surface area contributed by atoms with E-state index in [9.17, 15) is 4.79 Å². The molecule has 0 aliphatic carbocycles. The van der Waals surface area contributed by atoms with Crippen molar-refractivity contribution in [2.45, 2.75) is 13.3 Å². The number of Topliss-reactive ketones (excluding diaryl/α,β-unsaturated/α-hetero) is 1. The maximum absolute atomic E-state index is 10.5. The van der Waals surface area contributed by atoms with E-state index >= 15 is 0 Å². The molecule has 58 valence electrons. The molecule has 0 spiro atoms. The number of nitrogens with one attached hydrogen (secondary N) is 1. The largest absolute Gasteiger partial charge is 0.395 e. The molecule has 3 nitrogen and oxygen atoms in total. The molecule has 10 heavy (non-hydrogen) atoms. The average molecular weight is 143 g/mol. The Morgan fingerprint density at radius 2 is 2.30 bits per heavy atom. The first-order valence-electron chi connectivity index (χ1n) is 3.18. The minimum absolute atomic E-state index is 0.0664. The number of hydrogen-bond acceptors (Lipinski definition) is 3. The lowest BCUT2D eigenvalue weighted by Crippen LogP contribution is -2.18. The number of aliphatic hydroxyl groups is 1. The molecule has 2 N–H and O–H groups in total. The smallest absolute Gasteiger partial charge is 0.135 e. The van der Waals surface area contributed by atoms with E-state index in [-0.39, 0.29) is 12.4 Å². The van der Waals surface area contributed by atoms with Crippen LogP contribution in [-0.2, 0) is 4.79 Å². The number of carbonyl (C=O) groups excluding carboxylic acids is 1. The molecule has 0 bridgehead atoms. The highest BCUT2D eigenvalue weighted by molar-refractivity contribution is 5.77. The summed E-state index contributed by atoms with van der Waals surface area (Å²) in [6, 6.07) is 0. The second kappa shape index (κ2) is 4.99. The molecular formula is C7H13NO2. The monoisotopic (exact) mass is 143 g/mol. The minimum atomic E-state index is 0.0664. The maximum atomic E-state index is 10.5.